The second kappa shape index (κ2) is 13.8. The van der Waals surface area contributed by atoms with Crippen LogP contribution in [0.3, 0.4) is 0 Å². The van der Waals surface area contributed by atoms with Gasteiger partial charge in [-0.25, -0.2) is 4.39 Å². The SMILES string of the molecule is NC(C(=O)Nc1cncc(F)c1CC[C@@H]1CNCC2(CCOCC2)O1)C(c1ccc(Cl)cc1)c1cccc(OC(F)(F)F)c1. The molecule has 236 valence electrons. The summed E-state index contributed by atoms with van der Waals surface area (Å²) in [5.74, 6) is -2.63. The van der Waals surface area contributed by atoms with Crippen LogP contribution < -0.4 is 21.1 Å². The van der Waals surface area contributed by atoms with E-state index in [0.717, 1.165) is 31.6 Å². The van der Waals surface area contributed by atoms with Crippen molar-refractivity contribution in [1.29, 1.82) is 0 Å². The number of nitrogens with one attached hydrogen (secondary N) is 2. The number of hydrogen-bond donors (Lipinski definition) is 3. The van der Waals surface area contributed by atoms with E-state index in [4.69, 9.17) is 26.8 Å². The molecule has 2 aliphatic heterocycles. The molecule has 2 saturated heterocycles. The molecule has 3 atom stereocenters. The molecule has 2 fully saturated rings. The van der Waals surface area contributed by atoms with Gasteiger partial charge in [-0.05, 0) is 48.2 Å². The second-order valence-corrected chi connectivity index (χ2v) is 11.5. The van der Waals surface area contributed by atoms with Crippen molar-refractivity contribution in [3.63, 3.8) is 0 Å². The minimum atomic E-state index is -4.90. The lowest BCUT2D eigenvalue weighted by Gasteiger charge is -2.44. The lowest BCUT2D eigenvalue weighted by atomic mass is 9.85. The third kappa shape index (κ3) is 8.05. The third-order valence-electron chi connectivity index (χ3n) is 7.96. The van der Waals surface area contributed by atoms with Gasteiger partial charge < -0.3 is 30.6 Å². The van der Waals surface area contributed by atoms with Gasteiger partial charge in [-0.1, -0.05) is 35.9 Å². The van der Waals surface area contributed by atoms with Crippen LogP contribution >= 0.6 is 11.6 Å². The van der Waals surface area contributed by atoms with Crippen LogP contribution in [0.25, 0.3) is 0 Å². The van der Waals surface area contributed by atoms with Gasteiger partial charge in [-0.3, -0.25) is 9.78 Å². The highest BCUT2D eigenvalue weighted by Gasteiger charge is 2.39. The molecule has 2 unspecified atom stereocenters. The zero-order valence-corrected chi connectivity index (χ0v) is 24.5. The predicted molar refractivity (Wildman–Crippen MR) is 156 cm³/mol. The maximum absolute atomic E-state index is 15.1. The fourth-order valence-electron chi connectivity index (χ4n) is 5.78. The normalized spacial score (nSPS) is 19.7. The second-order valence-electron chi connectivity index (χ2n) is 11.0. The van der Waals surface area contributed by atoms with Gasteiger partial charge in [0.2, 0.25) is 5.91 Å². The first-order chi connectivity index (χ1) is 21.0. The van der Waals surface area contributed by atoms with Crippen LogP contribution in [0.4, 0.5) is 23.2 Å². The Bertz CT molecular complexity index is 1430. The maximum Gasteiger partial charge on any atom is 0.573 e. The van der Waals surface area contributed by atoms with Crippen molar-refractivity contribution in [1.82, 2.24) is 10.3 Å². The van der Waals surface area contributed by atoms with Gasteiger partial charge in [-0.15, -0.1) is 13.2 Å². The predicted octanol–water partition coefficient (Wildman–Crippen LogP) is 5.34. The van der Waals surface area contributed by atoms with Crippen molar-refractivity contribution >= 4 is 23.2 Å². The molecule has 0 saturated carbocycles. The van der Waals surface area contributed by atoms with E-state index in [1.54, 1.807) is 30.3 Å². The van der Waals surface area contributed by atoms with E-state index in [1.165, 1.54) is 18.3 Å². The summed E-state index contributed by atoms with van der Waals surface area (Å²) in [7, 11) is 0. The molecule has 1 aromatic heterocycles. The Hall–Kier alpha value is -3.29. The van der Waals surface area contributed by atoms with Gasteiger partial charge in [0.05, 0.1) is 35.8 Å². The Kier molecular flexibility index (Phi) is 10.1. The van der Waals surface area contributed by atoms with Crippen molar-refractivity contribution in [2.24, 2.45) is 5.73 Å². The lowest BCUT2D eigenvalue weighted by molar-refractivity contribution is -0.274. The molecule has 13 heteroatoms. The van der Waals surface area contributed by atoms with Gasteiger partial charge >= 0.3 is 6.36 Å². The van der Waals surface area contributed by atoms with Crippen molar-refractivity contribution in [3.05, 3.63) is 88.5 Å². The number of anilines is 1. The van der Waals surface area contributed by atoms with Crippen LogP contribution in [0.15, 0.2) is 60.9 Å². The molecule has 1 amide bonds. The summed E-state index contributed by atoms with van der Waals surface area (Å²) in [6.07, 6.45) is -0.343. The highest BCUT2D eigenvalue weighted by atomic mass is 35.5. The molecule has 5 rings (SSSR count). The van der Waals surface area contributed by atoms with E-state index in [1.807, 2.05) is 0 Å². The summed E-state index contributed by atoms with van der Waals surface area (Å²) in [6, 6.07) is 10.4. The highest BCUT2D eigenvalue weighted by Crippen LogP contribution is 2.34. The molecule has 44 heavy (non-hydrogen) atoms. The molecule has 0 bridgehead atoms. The summed E-state index contributed by atoms with van der Waals surface area (Å²) in [5, 5.41) is 6.55. The molecular formula is C31H33ClF4N4O4. The largest absolute Gasteiger partial charge is 0.573 e. The Morgan fingerprint density at radius 2 is 1.91 bits per heavy atom. The summed E-state index contributed by atoms with van der Waals surface area (Å²) < 4.78 is 69.9. The molecule has 2 aliphatic rings. The monoisotopic (exact) mass is 636 g/mol. The number of carbonyl (C=O) groups excluding carboxylic acids is 1. The topological polar surface area (TPSA) is 108 Å². The van der Waals surface area contributed by atoms with Gasteiger partial charge in [0.15, 0.2) is 0 Å². The molecule has 2 aromatic carbocycles. The quantitative estimate of drug-likeness (QED) is 0.272. The van der Waals surface area contributed by atoms with E-state index in [2.05, 4.69) is 20.4 Å². The average Bonchev–Trinajstić information content (AvgIpc) is 2.98. The summed E-state index contributed by atoms with van der Waals surface area (Å²) in [5.41, 5.74) is 7.42. The molecule has 3 aromatic rings. The van der Waals surface area contributed by atoms with Gasteiger partial charge in [-0.2, -0.15) is 0 Å². The third-order valence-corrected chi connectivity index (χ3v) is 8.21. The number of nitrogens with two attached hydrogens (primary N) is 1. The number of pyridine rings is 1. The first-order valence-corrected chi connectivity index (χ1v) is 14.7. The summed E-state index contributed by atoms with van der Waals surface area (Å²) in [4.78, 5) is 17.5. The number of amides is 1. The molecule has 1 spiro atoms. The van der Waals surface area contributed by atoms with Crippen molar-refractivity contribution in [2.45, 2.75) is 55.7 Å². The number of aromatic nitrogens is 1. The molecule has 0 radical (unpaired) electrons. The molecular weight excluding hydrogens is 604 g/mol. The van der Waals surface area contributed by atoms with Crippen LogP contribution in [0.5, 0.6) is 5.75 Å². The first-order valence-electron chi connectivity index (χ1n) is 14.3. The maximum atomic E-state index is 15.1. The van der Waals surface area contributed by atoms with E-state index in [0.29, 0.717) is 42.3 Å². The smallest absolute Gasteiger partial charge is 0.406 e. The summed E-state index contributed by atoms with van der Waals surface area (Å²) >= 11 is 6.05. The van der Waals surface area contributed by atoms with Crippen LogP contribution in [-0.4, -0.2) is 61.3 Å². The molecule has 3 heterocycles. The Morgan fingerprint density at radius 3 is 2.64 bits per heavy atom. The number of alkyl halides is 3. The number of morpholine rings is 1. The van der Waals surface area contributed by atoms with Crippen LogP contribution in [-0.2, 0) is 20.7 Å². The highest BCUT2D eigenvalue weighted by molar-refractivity contribution is 6.30. The van der Waals surface area contributed by atoms with Crippen LogP contribution in [0, 0.1) is 5.82 Å². The number of ether oxygens (including phenoxy) is 3. The van der Waals surface area contributed by atoms with E-state index in [-0.39, 0.29) is 29.4 Å². The standard InChI is InChI=1S/C31H33ClF4N4O4/c32-21-6-4-19(5-7-21)27(20-2-1-3-22(14-20)44-31(34,35)36)28(37)29(41)40-26-17-38-16-25(33)24(26)9-8-23-15-39-18-30(43-23)10-12-42-13-11-30/h1-7,14,16-17,23,27-28,39H,8-13,15,18,37H2,(H,40,41)/t23-,27?,28?/m1/s1. The fourth-order valence-corrected chi connectivity index (χ4v) is 5.90. The van der Waals surface area contributed by atoms with Gasteiger partial charge in [0, 0.05) is 55.6 Å². The lowest BCUT2D eigenvalue weighted by Crippen LogP contribution is -2.56. The zero-order chi connectivity index (χ0) is 31.3. The van der Waals surface area contributed by atoms with E-state index < -0.39 is 35.8 Å². The number of hydrogen-bond acceptors (Lipinski definition) is 7. The first kappa shape index (κ1) is 32.1. The van der Waals surface area contributed by atoms with Crippen molar-refractivity contribution in [2.75, 3.05) is 31.6 Å². The fraction of sp³-hybridized carbons (Fsp3) is 0.419. The molecule has 0 aliphatic carbocycles. The number of benzene rings is 2. The van der Waals surface area contributed by atoms with Crippen molar-refractivity contribution < 1.29 is 36.6 Å². The Labute approximate surface area is 257 Å². The number of halogens is 5. The van der Waals surface area contributed by atoms with Gasteiger partial charge in [0.1, 0.15) is 11.6 Å². The van der Waals surface area contributed by atoms with Crippen LogP contribution in [0.2, 0.25) is 5.02 Å². The number of rotatable bonds is 9. The minimum absolute atomic E-state index is 0.152. The minimum Gasteiger partial charge on any atom is -0.406 e. The van der Waals surface area contributed by atoms with Gasteiger partial charge in [0.25, 0.3) is 0 Å². The number of nitrogens with zero attached hydrogens (tertiary/aromatic N) is 1. The average molecular weight is 637 g/mol. The molecule has 4 N–H and O–H groups in total. The summed E-state index contributed by atoms with van der Waals surface area (Å²) in [6.45, 7) is 2.60. The Morgan fingerprint density at radius 1 is 1.16 bits per heavy atom. The molecule has 8 nitrogen and oxygen atoms in total. The zero-order valence-electron chi connectivity index (χ0n) is 23.7. The number of carbonyl (C=O) groups is 1. The van der Waals surface area contributed by atoms with E-state index >= 15 is 4.39 Å². The van der Waals surface area contributed by atoms with E-state index in [9.17, 15) is 18.0 Å². The Balaban J connectivity index is 1.35. The van der Waals surface area contributed by atoms with Crippen molar-refractivity contribution in [3.8, 4) is 5.75 Å². The van der Waals surface area contributed by atoms with Crippen LogP contribution in [0.1, 0.15) is 41.9 Å².